The molecule has 116 valence electrons. The third-order valence-electron chi connectivity index (χ3n) is 5.06. The van der Waals surface area contributed by atoms with Crippen molar-refractivity contribution in [2.45, 2.75) is 64.7 Å². The van der Waals surface area contributed by atoms with Crippen molar-refractivity contribution >= 4 is 5.97 Å². The van der Waals surface area contributed by atoms with Crippen LogP contribution in [0.5, 0.6) is 0 Å². The molecular formula is C19H28O2. The molecule has 0 radical (unpaired) electrons. The molecule has 0 saturated heterocycles. The Kier molecular flexibility index (Phi) is 4.75. The fraction of sp³-hybridized carbons (Fsp3) is 0.632. The number of rotatable bonds is 3. The topological polar surface area (TPSA) is 37.3 Å². The largest absolute Gasteiger partial charge is 0.481 e. The number of carbonyl (C=O) groups is 1. The molecule has 0 aliphatic heterocycles. The molecule has 1 aromatic carbocycles. The molecule has 2 heteroatoms. The highest BCUT2D eigenvalue weighted by Crippen LogP contribution is 2.42. The summed E-state index contributed by atoms with van der Waals surface area (Å²) in [5.41, 5.74) is 2.65. The van der Waals surface area contributed by atoms with E-state index in [0.717, 1.165) is 25.7 Å². The Bertz CT molecular complexity index is 481. The van der Waals surface area contributed by atoms with Crippen molar-refractivity contribution in [3.8, 4) is 0 Å². The highest BCUT2D eigenvalue weighted by molar-refractivity contribution is 5.71. The molecule has 21 heavy (non-hydrogen) atoms. The van der Waals surface area contributed by atoms with Gasteiger partial charge in [0.15, 0.2) is 0 Å². The van der Waals surface area contributed by atoms with Crippen LogP contribution in [0.2, 0.25) is 0 Å². The Labute approximate surface area is 128 Å². The van der Waals surface area contributed by atoms with Crippen molar-refractivity contribution in [2.75, 3.05) is 0 Å². The summed E-state index contributed by atoms with van der Waals surface area (Å²) in [4.78, 5) is 11.6. The molecule has 0 spiro atoms. The molecule has 1 aromatic rings. The summed E-state index contributed by atoms with van der Waals surface area (Å²) < 4.78 is 0. The van der Waals surface area contributed by atoms with Crippen LogP contribution in [-0.2, 0) is 10.2 Å². The Hall–Kier alpha value is -1.31. The summed E-state index contributed by atoms with van der Waals surface area (Å²) in [7, 11) is 0. The highest BCUT2D eigenvalue weighted by Gasteiger charge is 2.35. The lowest BCUT2D eigenvalue weighted by Crippen LogP contribution is -2.29. The summed E-state index contributed by atoms with van der Waals surface area (Å²) in [5.74, 6) is 0.00542. The molecular weight excluding hydrogens is 260 g/mol. The standard InChI is InChI=1S/C19H28O2/c1-5-13-6-11-16(18(20)21)17(12-13)14-7-9-15(10-8-14)19(2,3)4/h7-10,13,16-17H,5-6,11-12H2,1-4H3,(H,20,21). The smallest absolute Gasteiger partial charge is 0.307 e. The van der Waals surface area contributed by atoms with Crippen LogP contribution in [0.4, 0.5) is 0 Å². The van der Waals surface area contributed by atoms with Gasteiger partial charge >= 0.3 is 5.97 Å². The number of carboxylic acids is 1. The fourth-order valence-electron chi connectivity index (χ4n) is 3.52. The van der Waals surface area contributed by atoms with Crippen molar-refractivity contribution in [1.82, 2.24) is 0 Å². The van der Waals surface area contributed by atoms with Gasteiger partial charge in [0, 0.05) is 0 Å². The maximum absolute atomic E-state index is 11.6. The van der Waals surface area contributed by atoms with Crippen molar-refractivity contribution in [3.05, 3.63) is 35.4 Å². The maximum atomic E-state index is 11.6. The summed E-state index contributed by atoms with van der Waals surface area (Å²) in [6.07, 6.45) is 4.05. The third-order valence-corrected chi connectivity index (χ3v) is 5.06. The predicted molar refractivity (Wildman–Crippen MR) is 86.6 cm³/mol. The first kappa shape index (κ1) is 16.1. The van der Waals surface area contributed by atoms with Crippen LogP contribution in [0.15, 0.2) is 24.3 Å². The fourth-order valence-corrected chi connectivity index (χ4v) is 3.52. The first-order chi connectivity index (χ1) is 9.82. The van der Waals surface area contributed by atoms with Gasteiger partial charge in [-0.15, -0.1) is 0 Å². The van der Waals surface area contributed by atoms with Gasteiger partial charge in [-0.05, 0) is 47.6 Å². The van der Waals surface area contributed by atoms with Crippen LogP contribution >= 0.6 is 0 Å². The maximum Gasteiger partial charge on any atom is 0.307 e. The van der Waals surface area contributed by atoms with Crippen LogP contribution in [0.25, 0.3) is 0 Å². The molecule has 1 N–H and O–H groups in total. The average molecular weight is 288 g/mol. The first-order valence-electron chi connectivity index (χ1n) is 8.16. The second-order valence-electron chi connectivity index (χ2n) is 7.51. The molecule has 1 aliphatic rings. The van der Waals surface area contributed by atoms with Crippen LogP contribution in [0.1, 0.15) is 70.4 Å². The van der Waals surface area contributed by atoms with Gasteiger partial charge in [-0.25, -0.2) is 0 Å². The van der Waals surface area contributed by atoms with Gasteiger partial charge < -0.3 is 5.11 Å². The zero-order valence-corrected chi connectivity index (χ0v) is 13.7. The molecule has 3 atom stereocenters. The van der Waals surface area contributed by atoms with Crippen LogP contribution in [-0.4, -0.2) is 11.1 Å². The van der Waals surface area contributed by atoms with E-state index >= 15 is 0 Å². The second kappa shape index (κ2) is 6.21. The summed E-state index contributed by atoms with van der Waals surface area (Å²) >= 11 is 0. The second-order valence-corrected chi connectivity index (χ2v) is 7.51. The molecule has 2 nitrogen and oxygen atoms in total. The number of carboxylic acid groups (broad SMARTS) is 1. The predicted octanol–water partition coefficient (Wildman–Crippen LogP) is 4.98. The monoisotopic (exact) mass is 288 g/mol. The SMILES string of the molecule is CCC1CCC(C(=O)O)C(c2ccc(C(C)(C)C)cc2)C1. The van der Waals surface area contributed by atoms with Crippen LogP contribution < -0.4 is 0 Å². The Balaban J connectivity index is 2.25. The van der Waals surface area contributed by atoms with Gasteiger partial charge in [0.25, 0.3) is 0 Å². The minimum Gasteiger partial charge on any atom is -0.481 e. The third kappa shape index (κ3) is 3.66. The summed E-state index contributed by atoms with van der Waals surface area (Å²) in [6.45, 7) is 8.83. The van der Waals surface area contributed by atoms with Crippen molar-refractivity contribution in [2.24, 2.45) is 11.8 Å². The lowest BCUT2D eigenvalue weighted by atomic mass is 9.70. The lowest BCUT2D eigenvalue weighted by molar-refractivity contribution is -0.143. The average Bonchev–Trinajstić information content (AvgIpc) is 2.45. The highest BCUT2D eigenvalue weighted by atomic mass is 16.4. The van der Waals surface area contributed by atoms with Gasteiger partial charge in [0.2, 0.25) is 0 Å². The zero-order chi connectivity index (χ0) is 15.6. The van der Waals surface area contributed by atoms with Crippen molar-refractivity contribution < 1.29 is 9.90 Å². The molecule has 1 aliphatic carbocycles. The molecule has 3 unspecified atom stereocenters. The van der Waals surface area contributed by atoms with Gasteiger partial charge in [-0.3, -0.25) is 4.79 Å². The number of aliphatic carboxylic acids is 1. The minimum absolute atomic E-state index is 0.142. The van der Waals surface area contributed by atoms with E-state index in [1.807, 2.05) is 0 Å². The molecule has 1 saturated carbocycles. The lowest BCUT2D eigenvalue weighted by Gasteiger charge is -2.34. The molecule has 0 amide bonds. The van der Waals surface area contributed by atoms with E-state index in [4.69, 9.17) is 0 Å². The molecule has 0 heterocycles. The number of hydrogen-bond donors (Lipinski definition) is 1. The van der Waals surface area contributed by atoms with E-state index in [1.165, 1.54) is 11.1 Å². The van der Waals surface area contributed by atoms with Crippen molar-refractivity contribution in [3.63, 3.8) is 0 Å². The van der Waals surface area contributed by atoms with E-state index in [0.29, 0.717) is 5.92 Å². The normalized spacial score (nSPS) is 26.6. The molecule has 2 rings (SSSR count). The van der Waals surface area contributed by atoms with Gasteiger partial charge in [0.1, 0.15) is 0 Å². The Morgan fingerprint density at radius 2 is 1.81 bits per heavy atom. The number of benzene rings is 1. The minimum atomic E-state index is -0.630. The van der Waals surface area contributed by atoms with Crippen LogP contribution in [0.3, 0.4) is 0 Å². The first-order valence-corrected chi connectivity index (χ1v) is 8.16. The molecule has 0 aromatic heterocycles. The quantitative estimate of drug-likeness (QED) is 0.851. The summed E-state index contributed by atoms with van der Waals surface area (Å²) in [5, 5.41) is 9.51. The van der Waals surface area contributed by atoms with Crippen LogP contribution in [0, 0.1) is 11.8 Å². The van der Waals surface area contributed by atoms with Crippen molar-refractivity contribution in [1.29, 1.82) is 0 Å². The molecule has 0 bridgehead atoms. The van der Waals surface area contributed by atoms with Gasteiger partial charge in [-0.1, -0.05) is 58.4 Å². The van der Waals surface area contributed by atoms with E-state index in [-0.39, 0.29) is 17.3 Å². The number of hydrogen-bond acceptors (Lipinski definition) is 1. The summed E-state index contributed by atoms with van der Waals surface area (Å²) in [6, 6.07) is 8.64. The van der Waals surface area contributed by atoms with E-state index < -0.39 is 5.97 Å². The van der Waals surface area contributed by atoms with E-state index in [1.54, 1.807) is 0 Å². The van der Waals surface area contributed by atoms with Gasteiger partial charge in [0.05, 0.1) is 5.92 Å². The Morgan fingerprint density at radius 1 is 1.19 bits per heavy atom. The van der Waals surface area contributed by atoms with E-state index in [9.17, 15) is 9.90 Å². The van der Waals surface area contributed by atoms with Gasteiger partial charge in [-0.2, -0.15) is 0 Å². The molecule has 1 fully saturated rings. The Morgan fingerprint density at radius 3 is 2.29 bits per heavy atom. The zero-order valence-electron chi connectivity index (χ0n) is 13.7. The van der Waals surface area contributed by atoms with E-state index in [2.05, 4.69) is 52.0 Å².